The molecule has 2 rings (SSSR count). The van der Waals surface area contributed by atoms with E-state index in [2.05, 4.69) is 34.9 Å². The van der Waals surface area contributed by atoms with Gasteiger partial charge in [0.05, 0.1) is 11.9 Å². The van der Waals surface area contributed by atoms with Gasteiger partial charge in [0, 0.05) is 10.2 Å². The topological polar surface area (TPSA) is 17.8 Å². The molecule has 0 saturated heterocycles. The van der Waals surface area contributed by atoms with Crippen molar-refractivity contribution in [3.05, 3.63) is 46.2 Å². The Labute approximate surface area is 91.7 Å². The van der Waals surface area contributed by atoms with E-state index in [4.69, 9.17) is 0 Å². The van der Waals surface area contributed by atoms with Gasteiger partial charge in [-0.05, 0) is 47.5 Å². The second-order valence-corrected chi connectivity index (χ2v) is 4.13. The Kier molecular flexibility index (Phi) is 2.42. The zero-order valence-corrected chi connectivity index (χ0v) is 9.75. The fourth-order valence-corrected chi connectivity index (χ4v) is 1.81. The molecule has 2 nitrogen and oxygen atoms in total. The number of hydrogen-bond donors (Lipinski definition) is 0. The van der Waals surface area contributed by atoms with Gasteiger partial charge >= 0.3 is 0 Å². The van der Waals surface area contributed by atoms with Crippen molar-refractivity contribution in [1.29, 1.82) is 0 Å². The van der Waals surface area contributed by atoms with Crippen LogP contribution in [0, 0.1) is 13.8 Å². The van der Waals surface area contributed by atoms with Crippen LogP contribution in [0.25, 0.3) is 5.69 Å². The summed E-state index contributed by atoms with van der Waals surface area (Å²) in [6.07, 6.45) is 1.88. The van der Waals surface area contributed by atoms with Gasteiger partial charge in [0.25, 0.3) is 0 Å². The highest BCUT2D eigenvalue weighted by molar-refractivity contribution is 9.10. The van der Waals surface area contributed by atoms with E-state index in [1.54, 1.807) is 0 Å². The summed E-state index contributed by atoms with van der Waals surface area (Å²) in [5.74, 6) is 0. The molecular weight excluding hydrogens is 240 g/mol. The van der Waals surface area contributed by atoms with Gasteiger partial charge < -0.3 is 0 Å². The Balaban J connectivity index is 2.60. The lowest BCUT2D eigenvalue weighted by Crippen LogP contribution is -1.99. The Hall–Kier alpha value is -1.09. The summed E-state index contributed by atoms with van der Waals surface area (Å²) in [4.78, 5) is 0. The predicted octanol–water partition coefficient (Wildman–Crippen LogP) is 3.25. The van der Waals surface area contributed by atoms with Gasteiger partial charge in [0.1, 0.15) is 0 Å². The van der Waals surface area contributed by atoms with E-state index in [-0.39, 0.29) is 0 Å². The maximum absolute atomic E-state index is 4.33. The minimum absolute atomic E-state index is 1.06. The zero-order chi connectivity index (χ0) is 10.1. The second kappa shape index (κ2) is 3.58. The van der Waals surface area contributed by atoms with Gasteiger partial charge in [-0.3, -0.25) is 0 Å². The third-order valence-electron chi connectivity index (χ3n) is 2.34. The minimum Gasteiger partial charge on any atom is -0.237 e. The van der Waals surface area contributed by atoms with E-state index in [0.717, 1.165) is 10.2 Å². The summed E-state index contributed by atoms with van der Waals surface area (Å²) in [5, 5.41) is 4.33. The number of rotatable bonds is 1. The van der Waals surface area contributed by atoms with Crippen LogP contribution in [-0.2, 0) is 0 Å². The molecule has 3 heteroatoms. The molecule has 0 aliphatic heterocycles. The highest BCUT2D eigenvalue weighted by Crippen LogP contribution is 2.21. The summed E-state index contributed by atoms with van der Waals surface area (Å²) in [7, 11) is 0. The third kappa shape index (κ3) is 1.48. The minimum atomic E-state index is 1.06. The number of nitrogens with zero attached hydrogens (tertiary/aromatic N) is 2. The van der Waals surface area contributed by atoms with Crippen molar-refractivity contribution in [3.63, 3.8) is 0 Å². The molecule has 1 heterocycles. The summed E-state index contributed by atoms with van der Waals surface area (Å²) < 4.78 is 3.01. The van der Waals surface area contributed by atoms with Crippen molar-refractivity contribution < 1.29 is 0 Å². The van der Waals surface area contributed by atoms with Crippen LogP contribution in [0.4, 0.5) is 0 Å². The lowest BCUT2D eigenvalue weighted by molar-refractivity contribution is 0.842. The van der Waals surface area contributed by atoms with Crippen molar-refractivity contribution in [1.82, 2.24) is 9.78 Å². The van der Waals surface area contributed by atoms with E-state index in [9.17, 15) is 0 Å². The molecule has 1 aromatic heterocycles. The lowest BCUT2D eigenvalue weighted by Gasteiger charge is -2.06. The monoisotopic (exact) mass is 250 g/mol. The molecule has 0 atom stereocenters. The van der Waals surface area contributed by atoms with Crippen molar-refractivity contribution in [2.45, 2.75) is 13.8 Å². The number of aromatic nitrogens is 2. The van der Waals surface area contributed by atoms with Crippen LogP contribution in [-0.4, -0.2) is 9.78 Å². The molecule has 0 spiro atoms. The first-order chi connectivity index (χ1) is 6.70. The molecular formula is C11H11BrN2. The van der Waals surface area contributed by atoms with Crippen molar-refractivity contribution in [2.75, 3.05) is 0 Å². The first-order valence-electron chi connectivity index (χ1n) is 4.46. The van der Waals surface area contributed by atoms with Crippen LogP contribution in [0.1, 0.15) is 11.3 Å². The first kappa shape index (κ1) is 9.46. The largest absolute Gasteiger partial charge is 0.237 e. The Morgan fingerprint density at radius 3 is 2.50 bits per heavy atom. The fraction of sp³-hybridized carbons (Fsp3) is 0.182. The van der Waals surface area contributed by atoms with Crippen molar-refractivity contribution in [3.8, 4) is 5.69 Å². The van der Waals surface area contributed by atoms with Crippen LogP contribution in [0.2, 0.25) is 0 Å². The second-order valence-electron chi connectivity index (χ2n) is 3.28. The van der Waals surface area contributed by atoms with Gasteiger partial charge in [0.2, 0.25) is 0 Å². The summed E-state index contributed by atoms with van der Waals surface area (Å²) >= 11 is 3.52. The number of aryl methyl sites for hydroxylation is 1. The molecule has 0 unspecified atom stereocenters. The van der Waals surface area contributed by atoms with E-state index >= 15 is 0 Å². The smallest absolute Gasteiger partial charge is 0.0790 e. The first-order valence-corrected chi connectivity index (χ1v) is 5.25. The molecule has 0 saturated carbocycles. The molecule has 1 aromatic carbocycles. The standard InChI is InChI=1S/C11H11BrN2/c1-8-7-13-14(9(8)2)11-6-4-3-5-10(11)12/h3-7H,1-2H3. The maximum Gasteiger partial charge on any atom is 0.0790 e. The quantitative estimate of drug-likeness (QED) is 0.760. The maximum atomic E-state index is 4.33. The SMILES string of the molecule is Cc1cnn(-c2ccccc2Br)c1C. The van der Waals surface area contributed by atoms with Gasteiger partial charge in [0.15, 0.2) is 0 Å². The number of para-hydroxylation sites is 1. The molecule has 0 amide bonds. The van der Waals surface area contributed by atoms with Gasteiger partial charge in [-0.1, -0.05) is 12.1 Å². The zero-order valence-electron chi connectivity index (χ0n) is 8.16. The van der Waals surface area contributed by atoms with Crippen LogP contribution in [0.3, 0.4) is 0 Å². The molecule has 0 bridgehead atoms. The molecule has 0 aliphatic carbocycles. The van der Waals surface area contributed by atoms with Crippen LogP contribution >= 0.6 is 15.9 Å². The average molecular weight is 251 g/mol. The Morgan fingerprint density at radius 1 is 1.21 bits per heavy atom. The van der Waals surface area contributed by atoms with Crippen LogP contribution in [0.5, 0.6) is 0 Å². The van der Waals surface area contributed by atoms with Crippen molar-refractivity contribution >= 4 is 15.9 Å². The molecule has 0 fully saturated rings. The molecule has 14 heavy (non-hydrogen) atoms. The molecule has 0 radical (unpaired) electrons. The predicted molar refractivity (Wildman–Crippen MR) is 60.7 cm³/mol. The van der Waals surface area contributed by atoms with Gasteiger partial charge in [-0.15, -0.1) is 0 Å². The molecule has 0 aliphatic rings. The van der Waals surface area contributed by atoms with E-state index < -0.39 is 0 Å². The van der Waals surface area contributed by atoms with Gasteiger partial charge in [-0.25, -0.2) is 4.68 Å². The fourth-order valence-electron chi connectivity index (χ4n) is 1.36. The molecule has 0 N–H and O–H groups in total. The number of benzene rings is 1. The molecule has 2 aromatic rings. The van der Waals surface area contributed by atoms with E-state index in [0.29, 0.717) is 0 Å². The highest BCUT2D eigenvalue weighted by Gasteiger charge is 2.06. The average Bonchev–Trinajstić information content (AvgIpc) is 2.49. The van der Waals surface area contributed by atoms with Crippen molar-refractivity contribution in [2.24, 2.45) is 0 Å². The van der Waals surface area contributed by atoms with Crippen LogP contribution < -0.4 is 0 Å². The third-order valence-corrected chi connectivity index (χ3v) is 3.01. The van der Waals surface area contributed by atoms with E-state index in [1.807, 2.05) is 35.1 Å². The summed E-state index contributed by atoms with van der Waals surface area (Å²) in [5.41, 5.74) is 3.47. The normalized spacial score (nSPS) is 10.5. The number of hydrogen-bond acceptors (Lipinski definition) is 1. The van der Waals surface area contributed by atoms with Crippen LogP contribution in [0.15, 0.2) is 34.9 Å². The summed E-state index contributed by atoms with van der Waals surface area (Å²) in [6.45, 7) is 4.14. The Morgan fingerprint density at radius 2 is 1.93 bits per heavy atom. The van der Waals surface area contributed by atoms with Gasteiger partial charge in [-0.2, -0.15) is 5.10 Å². The molecule has 72 valence electrons. The summed E-state index contributed by atoms with van der Waals surface area (Å²) in [6, 6.07) is 8.07. The lowest BCUT2D eigenvalue weighted by atomic mass is 10.3. The number of halogens is 1. The highest BCUT2D eigenvalue weighted by atomic mass is 79.9. The Bertz CT molecular complexity index is 460. The van der Waals surface area contributed by atoms with E-state index in [1.165, 1.54) is 11.3 Å².